The number of aliphatic hydroxyl groups is 4. The highest BCUT2D eigenvalue weighted by molar-refractivity contribution is 5.83. The Bertz CT molecular complexity index is 569. The number of carbonyl (C=O) groups excluding carboxylic acids is 2. The first-order valence-corrected chi connectivity index (χ1v) is 9.52. The third kappa shape index (κ3) is 5.38. The van der Waals surface area contributed by atoms with E-state index in [1.807, 2.05) is 0 Å². The second kappa shape index (κ2) is 9.28. The van der Waals surface area contributed by atoms with E-state index in [-0.39, 0.29) is 18.6 Å². The Kier molecular flexibility index (Phi) is 8.16. The highest BCUT2D eigenvalue weighted by atomic mass is 16.6. The molecule has 7 heteroatoms. The van der Waals surface area contributed by atoms with Crippen molar-refractivity contribution >= 4 is 11.8 Å². The van der Waals surface area contributed by atoms with Crippen LogP contribution in [-0.4, -0.2) is 62.2 Å². The van der Waals surface area contributed by atoms with E-state index in [9.17, 15) is 30.0 Å². The third-order valence-electron chi connectivity index (χ3n) is 5.76. The lowest BCUT2D eigenvalue weighted by atomic mass is 9.83. The molecule has 0 spiro atoms. The molecular formula is C20H34O7. The van der Waals surface area contributed by atoms with E-state index in [4.69, 9.17) is 4.74 Å². The van der Waals surface area contributed by atoms with Gasteiger partial charge in [-0.1, -0.05) is 26.8 Å². The molecule has 0 radical (unpaired) electrons. The van der Waals surface area contributed by atoms with Gasteiger partial charge in [-0.15, -0.1) is 0 Å². The van der Waals surface area contributed by atoms with Gasteiger partial charge in [-0.3, -0.25) is 9.59 Å². The summed E-state index contributed by atoms with van der Waals surface area (Å²) in [5, 5.41) is 42.1. The van der Waals surface area contributed by atoms with Gasteiger partial charge in [0.1, 0.15) is 17.5 Å². The minimum Gasteiger partial charge on any atom is -0.459 e. The number of carbonyl (C=O) groups is 2. The molecule has 0 saturated heterocycles. The number of rotatable bonds is 1. The number of hydrogen-bond acceptors (Lipinski definition) is 7. The average Bonchev–Trinajstić information content (AvgIpc) is 2.61. The Morgan fingerprint density at radius 1 is 1.19 bits per heavy atom. The van der Waals surface area contributed by atoms with E-state index >= 15 is 0 Å². The second-order valence-electron chi connectivity index (χ2n) is 8.03. The smallest absolute Gasteiger partial charge is 0.311 e. The molecule has 0 aliphatic carbocycles. The van der Waals surface area contributed by atoms with Crippen LogP contribution in [0, 0.1) is 17.8 Å². The Hall–Kier alpha value is -1.28. The van der Waals surface area contributed by atoms with Crippen LogP contribution in [0.5, 0.6) is 0 Å². The fourth-order valence-electron chi connectivity index (χ4n) is 3.44. The van der Waals surface area contributed by atoms with Crippen LogP contribution in [0.1, 0.15) is 54.4 Å². The monoisotopic (exact) mass is 386 g/mol. The third-order valence-corrected chi connectivity index (χ3v) is 5.76. The zero-order valence-corrected chi connectivity index (χ0v) is 17.0. The average molecular weight is 386 g/mol. The zero-order valence-electron chi connectivity index (χ0n) is 17.0. The number of ketones is 1. The standard InChI is InChI=1S/C20H34O7/c1-7-16-20(6,26)15(22)9-14(21)10(2)8-11(3)17(23)12(4)18(24)13(5)19(25)27-16/h8,10,12-13,15-18,22-24,26H,7,9H2,1-6H3/b11-8+/t10-,12-,13-,15-,16-,17+,18+,20+/m1/s1. The van der Waals surface area contributed by atoms with E-state index in [0.29, 0.717) is 5.57 Å². The lowest BCUT2D eigenvalue weighted by Gasteiger charge is -2.37. The number of ether oxygens (including phenoxy) is 1. The minimum atomic E-state index is -1.82. The molecule has 1 aliphatic rings. The minimum absolute atomic E-state index is 0.222. The molecule has 0 aromatic rings. The van der Waals surface area contributed by atoms with E-state index in [0.717, 1.165) is 0 Å². The summed E-state index contributed by atoms with van der Waals surface area (Å²) in [6.07, 6.45) is -3.19. The Labute approximate surface area is 161 Å². The topological polar surface area (TPSA) is 124 Å². The molecule has 0 fully saturated rings. The van der Waals surface area contributed by atoms with Crippen LogP contribution >= 0.6 is 0 Å². The molecule has 8 atom stereocenters. The number of allylic oxidation sites excluding steroid dienone is 1. The van der Waals surface area contributed by atoms with Crippen molar-refractivity contribution in [1.82, 2.24) is 0 Å². The lowest BCUT2D eigenvalue weighted by molar-refractivity contribution is -0.187. The van der Waals surface area contributed by atoms with Crippen molar-refractivity contribution in [2.75, 3.05) is 0 Å². The van der Waals surface area contributed by atoms with Crippen molar-refractivity contribution in [1.29, 1.82) is 0 Å². The molecule has 4 N–H and O–H groups in total. The summed E-state index contributed by atoms with van der Waals surface area (Å²) in [6, 6.07) is 0. The summed E-state index contributed by atoms with van der Waals surface area (Å²) >= 11 is 0. The van der Waals surface area contributed by atoms with Crippen molar-refractivity contribution in [3.63, 3.8) is 0 Å². The molecule has 7 nitrogen and oxygen atoms in total. The maximum absolute atomic E-state index is 12.5. The summed E-state index contributed by atoms with van der Waals surface area (Å²) in [5.41, 5.74) is -1.33. The van der Waals surface area contributed by atoms with Gasteiger partial charge in [0.2, 0.25) is 0 Å². The first-order chi connectivity index (χ1) is 12.3. The molecule has 1 aliphatic heterocycles. The van der Waals surface area contributed by atoms with Crippen LogP contribution in [-0.2, 0) is 14.3 Å². The molecule has 0 aromatic heterocycles. The van der Waals surface area contributed by atoms with Crippen LogP contribution < -0.4 is 0 Å². The van der Waals surface area contributed by atoms with Gasteiger partial charge in [0.15, 0.2) is 0 Å². The first-order valence-electron chi connectivity index (χ1n) is 9.52. The predicted octanol–water partition coefficient (Wildman–Crippen LogP) is 0.969. The van der Waals surface area contributed by atoms with Gasteiger partial charge in [0.05, 0.1) is 24.2 Å². The fourth-order valence-corrected chi connectivity index (χ4v) is 3.44. The Morgan fingerprint density at radius 3 is 2.26 bits per heavy atom. The molecular weight excluding hydrogens is 352 g/mol. The lowest BCUT2D eigenvalue weighted by Crippen LogP contribution is -2.53. The SMILES string of the molecule is CC[C@H]1OC(=O)[C@H](C)[C@@H](O)[C@H](C)[C@@H](O)/C(C)=C/[C@@H](C)C(=O)C[C@@H](O)[C@]1(C)O. The maximum atomic E-state index is 12.5. The number of aliphatic hydroxyl groups excluding tert-OH is 3. The molecule has 156 valence electrons. The van der Waals surface area contributed by atoms with E-state index in [2.05, 4.69) is 0 Å². The summed E-state index contributed by atoms with van der Waals surface area (Å²) in [4.78, 5) is 24.9. The molecule has 1 heterocycles. The van der Waals surface area contributed by atoms with Gasteiger partial charge < -0.3 is 25.2 Å². The Morgan fingerprint density at radius 2 is 1.74 bits per heavy atom. The van der Waals surface area contributed by atoms with Crippen molar-refractivity contribution in [3.8, 4) is 0 Å². The Balaban J connectivity index is 3.34. The summed E-state index contributed by atoms with van der Waals surface area (Å²) in [5.74, 6) is -3.24. The largest absolute Gasteiger partial charge is 0.459 e. The van der Waals surface area contributed by atoms with Crippen LogP contribution in [0.15, 0.2) is 11.6 Å². The van der Waals surface area contributed by atoms with Crippen LogP contribution in [0.25, 0.3) is 0 Å². The quantitative estimate of drug-likeness (QED) is 0.391. The number of hydrogen-bond donors (Lipinski definition) is 4. The van der Waals surface area contributed by atoms with Gasteiger partial charge in [-0.05, 0) is 32.8 Å². The highest BCUT2D eigenvalue weighted by Crippen LogP contribution is 2.28. The van der Waals surface area contributed by atoms with E-state index in [1.54, 1.807) is 33.8 Å². The van der Waals surface area contributed by atoms with Crippen molar-refractivity contribution in [2.24, 2.45) is 17.8 Å². The molecule has 0 aromatic carbocycles. The van der Waals surface area contributed by atoms with Crippen molar-refractivity contribution < 1.29 is 34.8 Å². The summed E-state index contributed by atoms with van der Waals surface area (Å²) in [7, 11) is 0. The fraction of sp³-hybridized carbons (Fsp3) is 0.800. The number of esters is 1. The molecule has 0 bridgehead atoms. The number of Topliss-reactive ketones (excluding diaryl/α,β-unsaturated/α-hetero) is 1. The maximum Gasteiger partial charge on any atom is 0.311 e. The normalized spacial score (nSPS) is 44.8. The highest BCUT2D eigenvalue weighted by Gasteiger charge is 2.43. The van der Waals surface area contributed by atoms with Crippen molar-refractivity contribution in [2.45, 2.75) is 84.4 Å². The van der Waals surface area contributed by atoms with E-state index in [1.165, 1.54) is 13.8 Å². The van der Waals surface area contributed by atoms with Crippen LogP contribution in [0.3, 0.4) is 0 Å². The van der Waals surface area contributed by atoms with Gasteiger partial charge in [-0.25, -0.2) is 0 Å². The molecule has 0 unspecified atom stereocenters. The first kappa shape index (κ1) is 23.8. The van der Waals surface area contributed by atoms with Crippen LogP contribution in [0.4, 0.5) is 0 Å². The summed E-state index contributed by atoms with van der Waals surface area (Å²) < 4.78 is 5.37. The van der Waals surface area contributed by atoms with Crippen LogP contribution in [0.2, 0.25) is 0 Å². The second-order valence-corrected chi connectivity index (χ2v) is 8.03. The number of cyclic esters (lactones) is 1. The van der Waals surface area contributed by atoms with Gasteiger partial charge in [0, 0.05) is 18.3 Å². The molecule has 0 amide bonds. The van der Waals surface area contributed by atoms with E-state index < -0.39 is 53.7 Å². The van der Waals surface area contributed by atoms with Gasteiger partial charge in [0.25, 0.3) is 0 Å². The van der Waals surface area contributed by atoms with Crippen molar-refractivity contribution in [3.05, 3.63) is 11.6 Å². The zero-order chi connectivity index (χ0) is 21.1. The molecule has 27 heavy (non-hydrogen) atoms. The molecule has 0 saturated carbocycles. The van der Waals surface area contributed by atoms with Gasteiger partial charge >= 0.3 is 5.97 Å². The molecule has 1 rings (SSSR count). The summed E-state index contributed by atoms with van der Waals surface area (Å²) in [6.45, 7) is 9.42. The van der Waals surface area contributed by atoms with Gasteiger partial charge in [-0.2, -0.15) is 0 Å². The predicted molar refractivity (Wildman–Crippen MR) is 99.7 cm³/mol.